The zero-order valence-electron chi connectivity index (χ0n) is 13.4. The molecule has 2 aromatic heterocycles. The number of nitrogens with one attached hydrogen (secondary N) is 1. The third kappa shape index (κ3) is 3.39. The van der Waals surface area contributed by atoms with Crippen molar-refractivity contribution in [1.29, 1.82) is 0 Å². The topological polar surface area (TPSA) is 149 Å². The summed E-state index contributed by atoms with van der Waals surface area (Å²) in [4.78, 5) is 43.9. The van der Waals surface area contributed by atoms with Crippen LogP contribution in [0, 0.1) is 6.92 Å². The molecule has 0 aromatic carbocycles. The van der Waals surface area contributed by atoms with Crippen LogP contribution in [0.2, 0.25) is 0 Å². The smallest absolute Gasteiger partial charge is 0.323 e. The molecule has 0 spiro atoms. The monoisotopic (exact) mass is 335 g/mol. The Balaban J connectivity index is 2.13. The fourth-order valence-electron chi connectivity index (χ4n) is 1.96. The molecule has 11 heteroatoms. The Labute approximate surface area is 136 Å². The number of aryl methyl sites for hydroxylation is 1. The second-order valence-electron chi connectivity index (χ2n) is 5.01. The first-order valence-electron chi connectivity index (χ1n) is 6.97. The summed E-state index contributed by atoms with van der Waals surface area (Å²) in [6, 6.07) is -1.31. The van der Waals surface area contributed by atoms with E-state index in [1.807, 2.05) is 0 Å². The molecule has 24 heavy (non-hydrogen) atoms. The Kier molecular flexibility index (Phi) is 4.92. The summed E-state index contributed by atoms with van der Waals surface area (Å²) in [6.45, 7) is 3.21. The molecule has 0 radical (unpaired) electrons. The van der Waals surface area contributed by atoms with Crippen LogP contribution in [0.25, 0.3) is 0 Å². The maximum Gasteiger partial charge on any atom is 0.323 e. The van der Waals surface area contributed by atoms with Gasteiger partial charge < -0.3 is 20.1 Å². The maximum absolute atomic E-state index is 12.2. The summed E-state index contributed by atoms with van der Waals surface area (Å²) in [6.07, 6.45) is 1.78. The summed E-state index contributed by atoms with van der Waals surface area (Å²) in [5.41, 5.74) is 5.29. The van der Waals surface area contributed by atoms with E-state index in [1.165, 1.54) is 24.9 Å². The van der Waals surface area contributed by atoms with Crippen molar-refractivity contribution in [2.24, 2.45) is 5.73 Å². The van der Waals surface area contributed by atoms with Gasteiger partial charge in [0.05, 0.1) is 12.9 Å². The van der Waals surface area contributed by atoms with Crippen LogP contribution in [-0.4, -0.2) is 45.0 Å². The minimum absolute atomic E-state index is 0.0266. The molecule has 0 aliphatic heterocycles. The molecule has 0 bridgehead atoms. The lowest BCUT2D eigenvalue weighted by atomic mass is 10.3. The number of carbonyl (C=O) groups excluding carboxylic acids is 3. The third-order valence-corrected chi connectivity index (χ3v) is 3.34. The van der Waals surface area contributed by atoms with Crippen LogP contribution in [0.5, 0.6) is 0 Å². The predicted octanol–water partition coefficient (Wildman–Crippen LogP) is -0.221. The molecule has 0 unspecified atom stereocenters. The second-order valence-corrected chi connectivity index (χ2v) is 5.01. The van der Waals surface area contributed by atoms with Crippen molar-refractivity contribution in [3.8, 4) is 0 Å². The quantitative estimate of drug-likeness (QED) is 0.693. The Hall–Kier alpha value is -3.24. The number of nitrogens with two attached hydrogens (primary N) is 1. The van der Waals surface area contributed by atoms with Crippen LogP contribution < -0.4 is 16.0 Å². The van der Waals surface area contributed by atoms with E-state index < -0.39 is 18.0 Å². The molecule has 1 atom stereocenters. The van der Waals surface area contributed by atoms with Crippen LogP contribution in [0.4, 0.5) is 10.6 Å². The van der Waals surface area contributed by atoms with Gasteiger partial charge in [0.25, 0.3) is 0 Å². The van der Waals surface area contributed by atoms with E-state index in [1.54, 1.807) is 6.92 Å². The van der Waals surface area contributed by atoms with Crippen molar-refractivity contribution in [2.45, 2.75) is 26.4 Å². The van der Waals surface area contributed by atoms with E-state index in [0.29, 0.717) is 12.1 Å². The fraction of sp³-hybridized carbons (Fsp3) is 0.385. The summed E-state index contributed by atoms with van der Waals surface area (Å²) >= 11 is 0. The fourth-order valence-corrected chi connectivity index (χ4v) is 1.96. The van der Waals surface area contributed by atoms with E-state index in [4.69, 9.17) is 10.3 Å². The first-order valence-corrected chi connectivity index (χ1v) is 6.97. The summed E-state index contributed by atoms with van der Waals surface area (Å²) < 4.78 is 6.19. The molecule has 0 aliphatic rings. The normalized spacial score (nSPS) is 11.8. The van der Waals surface area contributed by atoms with Gasteiger partial charge in [0.1, 0.15) is 11.7 Å². The maximum atomic E-state index is 12.2. The average Bonchev–Trinajstić information content (AvgIpc) is 3.16. The molecule has 0 aliphatic carbocycles. The van der Waals surface area contributed by atoms with Crippen molar-refractivity contribution in [3.05, 3.63) is 23.7 Å². The van der Waals surface area contributed by atoms with E-state index >= 15 is 0 Å². The lowest BCUT2D eigenvalue weighted by Gasteiger charge is -2.16. The molecule has 2 aromatic rings. The number of imidazole rings is 1. The molecular weight excluding hydrogens is 318 g/mol. The highest BCUT2D eigenvalue weighted by Crippen LogP contribution is 2.19. The van der Waals surface area contributed by atoms with Crippen molar-refractivity contribution in [1.82, 2.24) is 25.0 Å². The lowest BCUT2D eigenvalue weighted by Crippen LogP contribution is -2.37. The van der Waals surface area contributed by atoms with Crippen molar-refractivity contribution in [3.63, 3.8) is 0 Å². The molecule has 128 valence electrons. The number of hydrogen-bond acceptors (Lipinski definition) is 7. The Morgan fingerprint density at radius 1 is 1.54 bits per heavy atom. The van der Waals surface area contributed by atoms with E-state index in [2.05, 4.69) is 20.4 Å². The molecular formula is C13H17N7O4. The zero-order valence-corrected chi connectivity index (χ0v) is 13.4. The predicted molar refractivity (Wildman–Crippen MR) is 81.2 cm³/mol. The highest BCUT2D eigenvalue weighted by molar-refractivity contribution is 5.95. The van der Waals surface area contributed by atoms with Gasteiger partial charge >= 0.3 is 6.03 Å². The average molecular weight is 335 g/mol. The molecule has 0 saturated carbocycles. The van der Waals surface area contributed by atoms with E-state index in [0.717, 1.165) is 4.90 Å². The van der Waals surface area contributed by atoms with Gasteiger partial charge in [-0.1, -0.05) is 5.16 Å². The van der Waals surface area contributed by atoms with Crippen molar-refractivity contribution in [2.75, 3.05) is 11.9 Å². The van der Waals surface area contributed by atoms with Gasteiger partial charge in [-0.05, 0) is 13.8 Å². The number of rotatable bonds is 6. The second kappa shape index (κ2) is 6.89. The molecule has 3 amide bonds. The lowest BCUT2D eigenvalue weighted by molar-refractivity contribution is -0.120. The van der Waals surface area contributed by atoms with Gasteiger partial charge in [0, 0.05) is 7.05 Å². The van der Waals surface area contributed by atoms with Gasteiger partial charge in [-0.25, -0.2) is 9.78 Å². The standard InChI is InChI=1S/C13H17N7O4/c1-7(11(14)22)20-6-16-12(9(20)5-21)19(3)13(23)15-4-10-17-8(2)18-24-10/h5-7H,4H2,1-3H3,(H2,14,22)(H,15,23)/t7-/m0/s1. The molecule has 0 fully saturated rings. The van der Waals surface area contributed by atoms with Gasteiger partial charge in [-0.3, -0.25) is 14.5 Å². The van der Waals surface area contributed by atoms with E-state index in [-0.39, 0.29) is 23.9 Å². The summed E-state index contributed by atoms with van der Waals surface area (Å²) in [7, 11) is 1.43. The number of anilines is 1. The third-order valence-electron chi connectivity index (χ3n) is 3.34. The highest BCUT2D eigenvalue weighted by atomic mass is 16.5. The molecule has 3 N–H and O–H groups in total. The molecule has 2 rings (SSSR count). The number of urea groups is 1. The number of nitrogens with zero attached hydrogens (tertiary/aromatic N) is 5. The number of hydrogen-bond donors (Lipinski definition) is 2. The van der Waals surface area contributed by atoms with Gasteiger partial charge in [0.2, 0.25) is 11.8 Å². The van der Waals surface area contributed by atoms with Crippen LogP contribution in [-0.2, 0) is 11.3 Å². The number of primary amides is 1. The van der Waals surface area contributed by atoms with Gasteiger partial charge in [-0.2, -0.15) is 4.98 Å². The van der Waals surface area contributed by atoms with Crippen LogP contribution in [0.3, 0.4) is 0 Å². The summed E-state index contributed by atoms with van der Waals surface area (Å²) in [5, 5.41) is 6.16. The van der Waals surface area contributed by atoms with Gasteiger partial charge in [-0.15, -0.1) is 0 Å². The van der Waals surface area contributed by atoms with Crippen LogP contribution in [0.15, 0.2) is 10.9 Å². The number of carbonyl (C=O) groups is 3. The largest absolute Gasteiger partial charge is 0.368 e. The zero-order chi connectivity index (χ0) is 17.9. The molecule has 2 heterocycles. The number of aldehydes is 1. The van der Waals surface area contributed by atoms with E-state index in [9.17, 15) is 14.4 Å². The van der Waals surface area contributed by atoms with Crippen LogP contribution in [0.1, 0.15) is 35.2 Å². The van der Waals surface area contributed by atoms with Crippen molar-refractivity contribution >= 4 is 24.0 Å². The SMILES string of the molecule is Cc1noc(CNC(=O)N(C)c2ncn([C@@H](C)C(N)=O)c2C=O)n1. The molecule has 0 saturated heterocycles. The first-order chi connectivity index (χ1) is 11.3. The van der Waals surface area contributed by atoms with Gasteiger partial charge in [0.15, 0.2) is 17.9 Å². The minimum Gasteiger partial charge on any atom is -0.368 e. The van der Waals surface area contributed by atoms with Crippen LogP contribution >= 0.6 is 0 Å². The minimum atomic E-state index is -0.774. The Morgan fingerprint density at radius 3 is 2.79 bits per heavy atom. The Bertz CT molecular complexity index is 766. The highest BCUT2D eigenvalue weighted by Gasteiger charge is 2.23. The first kappa shape index (κ1) is 17.1. The number of aromatic nitrogens is 4. The Morgan fingerprint density at radius 2 is 2.25 bits per heavy atom. The summed E-state index contributed by atoms with van der Waals surface area (Å²) in [5.74, 6) is 0.172. The van der Waals surface area contributed by atoms with Crippen molar-refractivity contribution < 1.29 is 18.9 Å². The molecule has 11 nitrogen and oxygen atoms in total. The number of amides is 3.